The van der Waals surface area contributed by atoms with Crippen LogP contribution in [-0.4, -0.2) is 4.92 Å². The Labute approximate surface area is 124 Å². The molecular weight excluding hydrogens is 262 g/mol. The van der Waals surface area contributed by atoms with Crippen LogP contribution in [0.15, 0.2) is 61.2 Å². The maximum Gasteiger partial charge on any atom is 0.277 e. The fourth-order valence-corrected chi connectivity index (χ4v) is 2.35. The van der Waals surface area contributed by atoms with Crippen molar-refractivity contribution in [2.45, 2.75) is 13.3 Å². The molecule has 0 unspecified atom stereocenters. The molecule has 2 aromatic rings. The molecule has 106 valence electrons. The van der Waals surface area contributed by atoms with Crippen LogP contribution >= 0.6 is 0 Å². The second kappa shape index (κ2) is 6.66. The van der Waals surface area contributed by atoms with E-state index in [1.807, 2.05) is 43.3 Å². The lowest BCUT2D eigenvalue weighted by Gasteiger charge is -2.12. The molecule has 0 fully saturated rings. The lowest BCUT2D eigenvalue weighted by molar-refractivity contribution is -0.385. The number of nitro benzene ring substituents is 1. The molecule has 0 amide bonds. The fourth-order valence-electron chi connectivity index (χ4n) is 2.35. The first-order valence-electron chi connectivity index (χ1n) is 6.84. The third-order valence-electron chi connectivity index (χ3n) is 3.27. The summed E-state index contributed by atoms with van der Waals surface area (Å²) in [6, 6.07) is 14.6. The lowest BCUT2D eigenvalue weighted by Crippen LogP contribution is -1.97. The summed E-state index contributed by atoms with van der Waals surface area (Å²) in [6.07, 6.45) is 4.59. The van der Waals surface area contributed by atoms with Gasteiger partial charge in [0.05, 0.1) is 10.5 Å². The minimum Gasteiger partial charge on any atom is -0.258 e. The summed E-state index contributed by atoms with van der Waals surface area (Å²) in [5.41, 5.74) is 3.56. The van der Waals surface area contributed by atoms with Crippen molar-refractivity contribution < 1.29 is 4.92 Å². The van der Waals surface area contributed by atoms with Crippen LogP contribution in [0.5, 0.6) is 0 Å². The van der Waals surface area contributed by atoms with E-state index in [0.29, 0.717) is 5.56 Å². The zero-order valence-corrected chi connectivity index (χ0v) is 12.0. The molecule has 3 heteroatoms. The molecule has 21 heavy (non-hydrogen) atoms. The first-order valence-corrected chi connectivity index (χ1v) is 6.84. The summed E-state index contributed by atoms with van der Waals surface area (Å²) in [5, 5.41) is 11.3. The van der Waals surface area contributed by atoms with Crippen molar-refractivity contribution in [3.63, 3.8) is 0 Å². The van der Waals surface area contributed by atoms with Gasteiger partial charge in [-0.2, -0.15) is 0 Å². The van der Waals surface area contributed by atoms with Gasteiger partial charge >= 0.3 is 0 Å². The van der Waals surface area contributed by atoms with E-state index < -0.39 is 0 Å². The van der Waals surface area contributed by atoms with E-state index in [0.717, 1.165) is 23.1 Å². The van der Waals surface area contributed by atoms with Crippen molar-refractivity contribution in [3.8, 4) is 0 Å². The molecule has 2 aromatic carbocycles. The topological polar surface area (TPSA) is 43.1 Å². The molecular formula is C18H17NO2. The van der Waals surface area contributed by atoms with Crippen molar-refractivity contribution in [1.29, 1.82) is 0 Å². The summed E-state index contributed by atoms with van der Waals surface area (Å²) in [6.45, 7) is 5.84. The Morgan fingerprint density at radius 3 is 2.38 bits per heavy atom. The summed E-state index contributed by atoms with van der Waals surface area (Å²) < 4.78 is 0. The Hall–Kier alpha value is -2.68. The normalized spacial score (nSPS) is 11.2. The van der Waals surface area contributed by atoms with Crippen molar-refractivity contribution in [2.75, 3.05) is 0 Å². The Bertz CT molecular complexity index is 702. The molecule has 0 heterocycles. The third-order valence-corrected chi connectivity index (χ3v) is 3.27. The van der Waals surface area contributed by atoms with Gasteiger partial charge in [0.1, 0.15) is 0 Å². The van der Waals surface area contributed by atoms with Crippen LogP contribution in [0.3, 0.4) is 0 Å². The first kappa shape index (κ1) is 14.7. The summed E-state index contributed by atoms with van der Waals surface area (Å²) >= 11 is 0. The van der Waals surface area contributed by atoms with Crippen molar-refractivity contribution in [3.05, 3.63) is 88.0 Å². The highest BCUT2D eigenvalue weighted by molar-refractivity contribution is 5.87. The average molecular weight is 279 g/mol. The number of para-hydroxylation sites is 1. The minimum absolute atomic E-state index is 0.121. The van der Waals surface area contributed by atoms with Gasteiger partial charge in [0.2, 0.25) is 0 Å². The molecule has 0 saturated carbocycles. The number of hydrogen-bond donors (Lipinski definition) is 0. The quantitative estimate of drug-likeness (QED) is 0.566. The molecule has 0 saturated heterocycles. The molecule has 0 radical (unpaired) electrons. The van der Waals surface area contributed by atoms with Crippen LogP contribution in [0.2, 0.25) is 0 Å². The highest BCUT2D eigenvalue weighted by Gasteiger charge is 2.18. The Morgan fingerprint density at radius 2 is 1.76 bits per heavy atom. The van der Waals surface area contributed by atoms with Gasteiger partial charge in [0.25, 0.3) is 5.69 Å². The third kappa shape index (κ3) is 3.08. The monoisotopic (exact) mass is 279 g/mol. The lowest BCUT2D eigenvalue weighted by atomic mass is 9.92. The fraction of sp³-hybridized carbons (Fsp3) is 0.111. The minimum atomic E-state index is -0.338. The van der Waals surface area contributed by atoms with E-state index in [9.17, 15) is 10.1 Å². The molecule has 0 bridgehead atoms. The standard InChI is InChI=1S/C18H17NO2/c1-3-9-16(15-11-6-5-10-14(15)4-2)17-12-7-8-13-18(17)19(20)21/h4-13H,2-3H2,1H3. The van der Waals surface area contributed by atoms with Gasteiger partial charge in [0, 0.05) is 6.07 Å². The van der Waals surface area contributed by atoms with Gasteiger partial charge in [-0.3, -0.25) is 10.1 Å². The van der Waals surface area contributed by atoms with Gasteiger partial charge < -0.3 is 0 Å². The molecule has 0 aliphatic carbocycles. The summed E-state index contributed by atoms with van der Waals surface area (Å²) in [7, 11) is 0. The highest BCUT2D eigenvalue weighted by atomic mass is 16.6. The maximum atomic E-state index is 11.3. The summed E-state index contributed by atoms with van der Waals surface area (Å²) in [4.78, 5) is 10.9. The van der Waals surface area contributed by atoms with Crippen LogP contribution in [0.4, 0.5) is 5.69 Å². The molecule has 0 aromatic heterocycles. The summed E-state index contributed by atoms with van der Waals surface area (Å²) in [5.74, 6) is 0. The van der Waals surface area contributed by atoms with Crippen LogP contribution in [-0.2, 0) is 0 Å². The second-order valence-electron chi connectivity index (χ2n) is 4.59. The van der Waals surface area contributed by atoms with Gasteiger partial charge in [-0.25, -0.2) is 0 Å². The van der Waals surface area contributed by atoms with Gasteiger partial charge in [-0.05, 0) is 29.2 Å². The molecule has 0 aliphatic heterocycles. The van der Waals surface area contributed by atoms with Crippen LogP contribution < -0.4 is 0 Å². The van der Waals surface area contributed by atoms with E-state index in [1.165, 1.54) is 6.07 Å². The SMILES string of the molecule is C=Cc1ccccc1C(=CCC)c1ccccc1[N+](=O)[O-]. The molecule has 2 rings (SSSR count). The Balaban J connectivity index is 2.69. The maximum absolute atomic E-state index is 11.3. The number of nitro groups is 1. The molecule has 3 nitrogen and oxygen atoms in total. The van der Waals surface area contributed by atoms with E-state index in [1.54, 1.807) is 18.2 Å². The van der Waals surface area contributed by atoms with Crippen molar-refractivity contribution >= 4 is 17.3 Å². The number of allylic oxidation sites excluding steroid dienone is 1. The number of nitrogens with zero attached hydrogens (tertiary/aromatic N) is 1. The molecule has 0 spiro atoms. The van der Waals surface area contributed by atoms with Gasteiger partial charge in [0.15, 0.2) is 0 Å². The Kier molecular flexibility index (Phi) is 4.67. The van der Waals surface area contributed by atoms with E-state index in [4.69, 9.17) is 0 Å². The van der Waals surface area contributed by atoms with Crippen LogP contribution in [0.25, 0.3) is 11.6 Å². The van der Waals surface area contributed by atoms with Gasteiger partial charge in [-0.1, -0.05) is 62.1 Å². The van der Waals surface area contributed by atoms with E-state index >= 15 is 0 Å². The van der Waals surface area contributed by atoms with E-state index in [-0.39, 0.29) is 10.6 Å². The highest BCUT2D eigenvalue weighted by Crippen LogP contribution is 2.33. The number of benzene rings is 2. The number of hydrogen-bond acceptors (Lipinski definition) is 2. The zero-order valence-electron chi connectivity index (χ0n) is 12.0. The molecule has 0 N–H and O–H groups in total. The van der Waals surface area contributed by atoms with Gasteiger partial charge in [-0.15, -0.1) is 0 Å². The van der Waals surface area contributed by atoms with E-state index in [2.05, 4.69) is 6.58 Å². The second-order valence-corrected chi connectivity index (χ2v) is 4.59. The zero-order chi connectivity index (χ0) is 15.2. The van der Waals surface area contributed by atoms with Crippen molar-refractivity contribution in [1.82, 2.24) is 0 Å². The first-order chi connectivity index (χ1) is 10.2. The smallest absolute Gasteiger partial charge is 0.258 e. The number of rotatable bonds is 5. The molecule has 0 aliphatic rings. The Morgan fingerprint density at radius 1 is 1.14 bits per heavy atom. The predicted molar refractivity (Wildman–Crippen MR) is 87.0 cm³/mol. The predicted octanol–water partition coefficient (Wildman–Crippen LogP) is 5.08. The van der Waals surface area contributed by atoms with Crippen LogP contribution in [0, 0.1) is 10.1 Å². The average Bonchev–Trinajstić information content (AvgIpc) is 2.52. The van der Waals surface area contributed by atoms with Crippen LogP contribution in [0.1, 0.15) is 30.0 Å². The largest absolute Gasteiger partial charge is 0.277 e. The molecule has 0 atom stereocenters. The van der Waals surface area contributed by atoms with Crippen molar-refractivity contribution in [2.24, 2.45) is 0 Å².